The van der Waals surface area contributed by atoms with Crippen LogP contribution < -0.4 is 10.2 Å². The van der Waals surface area contributed by atoms with Crippen LogP contribution in [0.2, 0.25) is 5.02 Å². The minimum atomic E-state index is -0.152. The molecule has 1 heterocycles. The van der Waals surface area contributed by atoms with E-state index in [0.717, 1.165) is 22.0 Å². The van der Waals surface area contributed by atoms with Crippen molar-refractivity contribution in [2.75, 3.05) is 17.3 Å². The summed E-state index contributed by atoms with van der Waals surface area (Å²) in [6.07, 6.45) is 0. The van der Waals surface area contributed by atoms with E-state index in [1.54, 1.807) is 0 Å². The molecule has 0 bridgehead atoms. The number of para-hydroxylation sites is 1. The monoisotopic (exact) mass is 371 g/mol. The van der Waals surface area contributed by atoms with Gasteiger partial charge in [0.15, 0.2) is 5.13 Å². The second kappa shape index (κ2) is 7.68. The van der Waals surface area contributed by atoms with Crippen LogP contribution in [0.5, 0.6) is 0 Å². The SMILES string of the molecule is Cc1csc(NC(=O)c2ccc(CN(C)c3ccccc3Cl)cc2)n1. The summed E-state index contributed by atoms with van der Waals surface area (Å²) < 4.78 is 0. The highest BCUT2D eigenvalue weighted by atomic mass is 35.5. The van der Waals surface area contributed by atoms with Gasteiger partial charge in [0.25, 0.3) is 5.91 Å². The second-order valence-corrected chi connectivity index (χ2v) is 7.02. The van der Waals surface area contributed by atoms with E-state index in [2.05, 4.69) is 15.2 Å². The van der Waals surface area contributed by atoms with Crippen molar-refractivity contribution in [2.24, 2.45) is 0 Å². The maximum atomic E-state index is 12.3. The lowest BCUT2D eigenvalue weighted by molar-refractivity contribution is 0.102. The maximum Gasteiger partial charge on any atom is 0.257 e. The Balaban J connectivity index is 1.65. The van der Waals surface area contributed by atoms with Gasteiger partial charge in [0.1, 0.15) is 0 Å². The highest BCUT2D eigenvalue weighted by molar-refractivity contribution is 7.13. The lowest BCUT2D eigenvalue weighted by atomic mass is 10.1. The third-order valence-corrected chi connectivity index (χ3v) is 4.93. The summed E-state index contributed by atoms with van der Waals surface area (Å²) in [5.74, 6) is -0.152. The number of thiazole rings is 1. The Morgan fingerprint density at radius 1 is 1.20 bits per heavy atom. The van der Waals surface area contributed by atoms with Crippen LogP contribution in [0.25, 0.3) is 0 Å². The molecule has 3 rings (SSSR count). The Morgan fingerprint density at radius 2 is 1.92 bits per heavy atom. The lowest BCUT2D eigenvalue weighted by Gasteiger charge is -2.20. The number of benzene rings is 2. The quantitative estimate of drug-likeness (QED) is 0.686. The van der Waals surface area contributed by atoms with Gasteiger partial charge in [0, 0.05) is 24.5 Å². The van der Waals surface area contributed by atoms with Crippen molar-refractivity contribution < 1.29 is 4.79 Å². The normalized spacial score (nSPS) is 10.5. The molecule has 0 unspecified atom stereocenters. The Bertz CT molecular complexity index is 876. The van der Waals surface area contributed by atoms with E-state index in [9.17, 15) is 4.79 Å². The van der Waals surface area contributed by atoms with Crippen molar-refractivity contribution in [1.82, 2.24) is 4.98 Å². The molecule has 0 fully saturated rings. The number of nitrogens with zero attached hydrogens (tertiary/aromatic N) is 2. The van der Waals surface area contributed by atoms with Crippen molar-refractivity contribution in [3.63, 3.8) is 0 Å². The van der Waals surface area contributed by atoms with Crippen molar-refractivity contribution in [3.05, 3.63) is 75.8 Å². The number of halogens is 1. The Morgan fingerprint density at radius 3 is 2.56 bits per heavy atom. The van der Waals surface area contributed by atoms with Crippen LogP contribution in [0.15, 0.2) is 53.9 Å². The van der Waals surface area contributed by atoms with Crippen molar-refractivity contribution in [3.8, 4) is 0 Å². The number of carbonyl (C=O) groups is 1. The van der Waals surface area contributed by atoms with Gasteiger partial charge < -0.3 is 4.90 Å². The standard InChI is InChI=1S/C19H18ClN3OS/c1-13-12-25-19(21-13)22-18(24)15-9-7-14(8-10-15)11-23(2)17-6-4-3-5-16(17)20/h3-10,12H,11H2,1-2H3,(H,21,22,24). The number of carbonyl (C=O) groups excluding carboxylic acids is 1. The van der Waals surface area contributed by atoms with Crippen LogP contribution in [0.4, 0.5) is 10.8 Å². The van der Waals surface area contributed by atoms with Gasteiger partial charge in [0.2, 0.25) is 0 Å². The van der Waals surface area contributed by atoms with Gasteiger partial charge in [-0.3, -0.25) is 10.1 Å². The van der Waals surface area contributed by atoms with Gasteiger partial charge in [-0.1, -0.05) is 35.9 Å². The molecule has 1 aromatic heterocycles. The average molecular weight is 372 g/mol. The molecule has 0 aliphatic rings. The zero-order valence-electron chi connectivity index (χ0n) is 14.0. The highest BCUT2D eigenvalue weighted by Gasteiger charge is 2.10. The first-order valence-corrected chi connectivity index (χ1v) is 9.07. The van der Waals surface area contributed by atoms with E-state index in [1.165, 1.54) is 11.3 Å². The number of hydrogen-bond donors (Lipinski definition) is 1. The topological polar surface area (TPSA) is 45.2 Å². The molecule has 4 nitrogen and oxygen atoms in total. The molecular weight excluding hydrogens is 354 g/mol. The summed E-state index contributed by atoms with van der Waals surface area (Å²) in [5, 5.41) is 6.06. The summed E-state index contributed by atoms with van der Waals surface area (Å²) in [6.45, 7) is 2.60. The van der Waals surface area contributed by atoms with Gasteiger partial charge in [-0.15, -0.1) is 11.3 Å². The van der Waals surface area contributed by atoms with Gasteiger partial charge >= 0.3 is 0 Å². The molecule has 0 saturated carbocycles. The molecular formula is C19H18ClN3OS. The fraction of sp³-hybridized carbons (Fsp3) is 0.158. The predicted molar refractivity (Wildman–Crippen MR) is 105 cm³/mol. The number of anilines is 2. The molecule has 128 valence electrons. The van der Waals surface area contributed by atoms with E-state index in [0.29, 0.717) is 17.2 Å². The van der Waals surface area contributed by atoms with Crippen LogP contribution in [-0.4, -0.2) is 17.9 Å². The zero-order chi connectivity index (χ0) is 17.8. The van der Waals surface area contributed by atoms with Crippen LogP contribution >= 0.6 is 22.9 Å². The number of aryl methyl sites for hydroxylation is 1. The first-order chi connectivity index (χ1) is 12.0. The molecule has 0 spiro atoms. The summed E-state index contributed by atoms with van der Waals surface area (Å²) in [7, 11) is 1.99. The Labute approximate surface area is 156 Å². The molecule has 6 heteroatoms. The number of amides is 1. The first-order valence-electron chi connectivity index (χ1n) is 7.81. The highest BCUT2D eigenvalue weighted by Crippen LogP contribution is 2.25. The van der Waals surface area contributed by atoms with Crippen molar-refractivity contribution >= 4 is 39.7 Å². The minimum Gasteiger partial charge on any atom is -0.369 e. The second-order valence-electron chi connectivity index (χ2n) is 5.75. The largest absolute Gasteiger partial charge is 0.369 e. The zero-order valence-corrected chi connectivity index (χ0v) is 15.6. The predicted octanol–water partition coefficient (Wildman–Crippen LogP) is 4.99. The molecule has 1 N–H and O–H groups in total. The van der Waals surface area contributed by atoms with E-state index >= 15 is 0 Å². The van der Waals surface area contributed by atoms with Gasteiger partial charge in [0.05, 0.1) is 16.4 Å². The molecule has 3 aromatic rings. The van der Waals surface area contributed by atoms with E-state index in [-0.39, 0.29) is 5.91 Å². The Kier molecular flexibility index (Phi) is 5.36. The number of hydrogen-bond acceptors (Lipinski definition) is 4. The fourth-order valence-electron chi connectivity index (χ4n) is 2.46. The van der Waals surface area contributed by atoms with Crippen LogP contribution in [0.1, 0.15) is 21.6 Å². The molecule has 1 amide bonds. The maximum absolute atomic E-state index is 12.3. The van der Waals surface area contributed by atoms with E-state index in [1.807, 2.05) is 67.9 Å². The minimum absolute atomic E-state index is 0.152. The fourth-order valence-corrected chi connectivity index (χ4v) is 3.43. The first kappa shape index (κ1) is 17.5. The van der Waals surface area contributed by atoms with Crippen molar-refractivity contribution in [2.45, 2.75) is 13.5 Å². The number of nitrogens with one attached hydrogen (secondary N) is 1. The lowest BCUT2D eigenvalue weighted by Crippen LogP contribution is -2.17. The van der Waals surface area contributed by atoms with Gasteiger partial charge in [-0.05, 0) is 36.8 Å². The van der Waals surface area contributed by atoms with Gasteiger partial charge in [-0.25, -0.2) is 4.98 Å². The number of rotatable bonds is 5. The summed E-state index contributed by atoms with van der Waals surface area (Å²) in [4.78, 5) is 18.6. The summed E-state index contributed by atoms with van der Waals surface area (Å²) in [6, 6.07) is 15.3. The molecule has 0 aliphatic heterocycles. The third kappa shape index (κ3) is 4.38. The smallest absolute Gasteiger partial charge is 0.257 e. The van der Waals surface area contributed by atoms with Crippen LogP contribution in [0, 0.1) is 6.92 Å². The molecule has 0 radical (unpaired) electrons. The Hall–Kier alpha value is -2.37. The van der Waals surface area contributed by atoms with E-state index < -0.39 is 0 Å². The molecule has 0 atom stereocenters. The van der Waals surface area contributed by atoms with E-state index in [4.69, 9.17) is 11.6 Å². The molecule has 2 aromatic carbocycles. The van der Waals surface area contributed by atoms with Gasteiger partial charge in [-0.2, -0.15) is 0 Å². The van der Waals surface area contributed by atoms with Crippen molar-refractivity contribution in [1.29, 1.82) is 0 Å². The van der Waals surface area contributed by atoms with Crippen LogP contribution in [-0.2, 0) is 6.54 Å². The molecule has 25 heavy (non-hydrogen) atoms. The van der Waals surface area contributed by atoms with Crippen LogP contribution in [0.3, 0.4) is 0 Å². The molecule has 0 saturated heterocycles. The third-order valence-electron chi connectivity index (χ3n) is 3.74. The summed E-state index contributed by atoms with van der Waals surface area (Å²) in [5.41, 5.74) is 3.59. The molecule has 0 aliphatic carbocycles. The number of aromatic nitrogens is 1. The summed E-state index contributed by atoms with van der Waals surface area (Å²) >= 11 is 7.65. The average Bonchev–Trinajstić information content (AvgIpc) is 3.00.